The second kappa shape index (κ2) is 44.2. The molecule has 0 aromatic heterocycles. The lowest BCUT2D eigenvalue weighted by atomic mass is 9.93. The van der Waals surface area contributed by atoms with E-state index in [0.717, 1.165) is 34.6 Å². The Hall–Kier alpha value is -4.41. The van der Waals surface area contributed by atoms with E-state index in [1.54, 1.807) is 0 Å². The maximum atomic E-state index is 13.4. The average Bonchev–Trinajstić information content (AvgIpc) is 0.754. The molecule has 10 fully saturated rings. The Morgan fingerprint density at radius 1 is 0.226 bits per heavy atom. The van der Waals surface area contributed by atoms with Crippen LogP contribution in [0.2, 0.25) is 0 Å². The number of aliphatic hydroxyl groups is 25. The molecule has 0 aromatic carbocycles. The van der Waals surface area contributed by atoms with E-state index in [0.29, 0.717) is 0 Å². The van der Waals surface area contributed by atoms with Crippen LogP contribution in [0.15, 0.2) is 0 Å². The zero-order valence-corrected chi connectivity index (χ0v) is 67.5. The Bertz CT molecular complexity index is 3400. The van der Waals surface area contributed by atoms with Gasteiger partial charge >= 0.3 is 0 Å². The lowest BCUT2D eigenvalue weighted by Gasteiger charge is -2.52. The number of rotatable bonds is 31. The molecule has 0 unspecified atom stereocenters. The van der Waals surface area contributed by atoms with Crippen molar-refractivity contribution in [2.24, 2.45) is 0 Å². The first kappa shape index (κ1) is 102. The SMILES string of the molecule is CC(=O)N[C@@H]1[C@@H](O)[C@H](O[C@@H]2O[C@H](CO)[C@@H](O[C@@H]3O[C@H](CO[C@H]4O[C@H](CO)[C@@H](O)[C@H](O)[C@@H]4O[C@@H]4O[C@H](CO)[C@@H](O)[C@H](O[C@@H]5O[C@@H](C)[C@@H](O)[C@@H](O)[C@@H]5O)[C@H]4NC(C)=O)[C@@H](O[C@@H]4O[C@H](CO)[C@@H](O)[C@H](O)[C@H]4NC(C)=O)[C@H](O[C@H]4O[C@H](CO)[C@@H](O)[C@H](O)[C@@H]4O[C@@H]4O[C@H](CO)[C@@H](O)[C@H](O)[C@H]4NC(C)=O)[C@@H]3O)[C@H](O)[C@H]2NC(C)=O)[C@@H](CO[C@@H]2O[C@@H](C)[C@@H](O)[C@@H](O)[C@@H]2O)O[C@H]1O. The lowest BCUT2D eigenvalue weighted by molar-refractivity contribution is -0.407. The summed E-state index contributed by atoms with van der Waals surface area (Å²) in [6.07, 6.45) is -94.6. The minimum atomic E-state index is -2.75. The third-order valence-corrected chi connectivity index (χ3v) is 22.8. The van der Waals surface area contributed by atoms with Crippen LogP contribution in [0, 0.1) is 0 Å². The second-order valence-corrected chi connectivity index (χ2v) is 31.7. The molecule has 10 saturated heterocycles. The van der Waals surface area contributed by atoms with Gasteiger partial charge in [-0.2, -0.15) is 0 Å². The molecule has 716 valence electrons. The van der Waals surface area contributed by atoms with Crippen LogP contribution in [0.1, 0.15) is 48.5 Å². The van der Waals surface area contributed by atoms with E-state index in [1.165, 1.54) is 13.8 Å². The number of aliphatic hydroxyl groups excluding tert-OH is 25. The molecule has 54 nitrogen and oxygen atoms in total. The average molecular weight is 1810 g/mol. The standard InChI is InChI=1S/C70H117N5O49/c1-16-36(87)47(98)51(102)66(108-16)106-14-29-55(45(96)31(61(105)110-29)71-18(3)82)118-64-34(74-21(6)85)46(97)54(28(13-81)116-64)119-68-53(104)58(122-70-60(50(101)41(92)26(11-79)115-70)124-63-33(73-20(5)84)44(95)39(90)24(9-77)112-63)56(120-62-32(72-19(4)83)43(94)38(89)23(8-76)111-62)30(117-68)15-107-69-59(49(100)40(91)25(10-78)114-69)123-65-35(75-22(7)86)57(42(93)27(12-80)113-65)121-67-52(103)48(99)37(88)17(2)109-67/h16-17,23-70,76-81,87-105H,8-15H2,1-7H3,(H,71,82)(H,72,83)(H,73,84)(H,74,85)(H,75,86)/t16-,17-,23+,24+,25+,26+,27+,28+,29+,30+,31+,32+,33+,34+,35+,36+,37+,38+,39+,40+,41+,42+,43+,44+,45+,46+,47+,48+,49-,50-,51-,52-,53-,54+,55+,56+,57+,58+,59-,60-,61+,62-,63-,64-,65-,66+,67-,68-,69-,70+/m0/s1. The van der Waals surface area contributed by atoms with Crippen LogP contribution >= 0.6 is 0 Å². The molecule has 10 rings (SSSR count). The Kier molecular flexibility index (Phi) is 36.3. The van der Waals surface area contributed by atoms with Crippen molar-refractivity contribution in [1.29, 1.82) is 0 Å². The number of hydrogen-bond donors (Lipinski definition) is 30. The maximum Gasteiger partial charge on any atom is 0.217 e. The van der Waals surface area contributed by atoms with Crippen LogP contribution in [-0.4, -0.2) is 517 Å². The van der Waals surface area contributed by atoms with Crippen molar-refractivity contribution >= 4 is 29.5 Å². The van der Waals surface area contributed by atoms with Crippen LogP contribution < -0.4 is 26.6 Å². The molecular weight excluding hydrogens is 1690 g/mol. The lowest BCUT2D eigenvalue weighted by Crippen LogP contribution is -2.71. The summed E-state index contributed by atoms with van der Waals surface area (Å²) in [5.74, 6) is -4.75. The van der Waals surface area contributed by atoms with Gasteiger partial charge in [0.05, 0.1) is 65.1 Å². The van der Waals surface area contributed by atoms with Crippen LogP contribution in [-0.2, 0) is 114 Å². The number of carbonyl (C=O) groups excluding carboxylic acids is 5. The Labute approximate surface area is 703 Å². The van der Waals surface area contributed by atoms with Crippen molar-refractivity contribution in [2.45, 2.75) is 355 Å². The molecule has 0 saturated carbocycles. The van der Waals surface area contributed by atoms with Crippen molar-refractivity contribution < 1.29 is 242 Å². The van der Waals surface area contributed by atoms with Gasteiger partial charge in [0.25, 0.3) is 0 Å². The van der Waals surface area contributed by atoms with Crippen LogP contribution in [0.4, 0.5) is 0 Å². The van der Waals surface area contributed by atoms with E-state index >= 15 is 0 Å². The topological polar surface area (TPSA) is 827 Å². The molecule has 5 amide bonds. The highest BCUT2D eigenvalue weighted by Gasteiger charge is 2.62. The molecule has 0 aromatic rings. The molecule has 10 aliphatic rings. The van der Waals surface area contributed by atoms with Crippen LogP contribution in [0.25, 0.3) is 0 Å². The summed E-state index contributed by atoms with van der Waals surface area (Å²) in [6.45, 7) is -2.04. The Balaban J connectivity index is 1.09. The van der Waals surface area contributed by atoms with Gasteiger partial charge in [-0.25, -0.2) is 0 Å². The summed E-state index contributed by atoms with van der Waals surface area (Å²) < 4.78 is 116. The smallest absolute Gasteiger partial charge is 0.217 e. The summed E-state index contributed by atoms with van der Waals surface area (Å²) in [7, 11) is 0. The Morgan fingerprint density at radius 2 is 0.516 bits per heavy atom. The van der Waals surface area contributed by atoms with Gasteiger partial charge in [0.2, 0.25) is 29.5 Å². The minimum Gasteiger partial charge on any atom is -0.394 e. The van der Waals surface area contributed by atoms with Gasteiger partial charge in [-0.15, -0.1) is 0 Å². The fourth-order valence-electron chi connectivity index (χ4n) is 16.1. The van der Waals surface area contributed by atoms with Gasteiger partial charge < -0.3 is 244 Å². The predicted molar refractivity (Wildman–Crippen MR) is 385 cm³/mol. The largest absolute Gasteiger partial charge is 0.394 e. The van der Waals surface area contributed by atoms with E-state index in [2.05, 4.69) is 26.6 Å². The zero-order chi connectivity index (χ0) is 91.4. The molecule has 0 spiro atoms. The molecule has 0 radical (unpaired) electrons. The molecule has 54 heteroatoms. The highest BCUT2D eigenvalue weighted by atomic mass is 16.8. The molecule has 124 heavy (non-hydrogen) atoms. The number of carbonyl (C=O) groups is 5. The second-order valence-electron chi connectivity index (χ2n) is 31.7. The Morgan fingerprint density at radius 3 is 0.976 bits per heavy atom. The number of nitrogens with one attached hydrogen (secondary N) is 5. The van der Waals surface area contributed by atoms with Crippen molar-refractivity contribution in [3.63, 3.8) is 0 Å². The predicted octanol–water partition coefficient (Wildman–Crippen LogP) is -20.0. The summed E-state index contributed by atoms with van der Waals surface area (Å²) in [4.78, 5) is 65.1. The van der Waals surface area contributed by atoms with E-state index < -0.39 is 389 Å². The molecule has 30 N–H and O–H groups in total. The molecule has 10 heterocycles. The van der Waals surface area contributed by atoms with Gasteiger partial charge in [0, 0.05) is 34.6 Å². The minimum absolute atomic E-state index is 0.859. The van der Waals surface area contributed by atoms with Crippen molar-refractivity contribution in [3.8, 4) is 0 Å². The maximum absolute atomic E-state index is 13.4. The molecule has 10 aliphatic heterocycles. The highest BCUT2D eigenvalue weighted by Crippen LogP contribution is 2.41. The fourth-order valence-corrected chi connectivity index (χ4v) is 16.1. The van der Waals surface area contributed by atoms with Crippen molar-refractivity contribution in [1.82, 2.24) is 26.6 Å². The summed E-state index contributed by atoms with van der Waals surface area (Å²) in [5.41, 5.74) is 0. The van der Waals surface area contributed by atoms with E-state index in [9.17, 15) is 152 Å². The fraction of sp³-hybridized carbons (Fsp3) is 0.929. The third-order valence-electron chi connectivity index (χ3n) is 22.8. The zero-order valence-electron chi connectivity index (χ0n) is 67.5. The quantitative estimate of drug-likeness (QED) is 0.0306. The number of ether oxygens (including phenoxy) is 19. The first-order chi connectivity index (χ1) is 58.5. The van der Waals surface area contributed by atoms with Gasteiger partial charge in [-0.05, 0) is 13.8 Å². The first-order valence-corrected chi connectivity index (χ1v) is 39.8. The molecule has 0 bridgehead atoms. The van der Waals surface area contributed by atoms with Crippen LogP contribution in [0.3, 0.4) is 0 Å². The van der Waals surface area contributed by atoms with E-state index in [1.807, 2.05) is 0 Å². The van der Waals surface area contributed by atoms with Gasteiger partial charge in [0.15, 0.2) is 62.9 Å². The highest BCUT2D eigenvalue weighted by molar-refractivity contribution is 5.75. The first-order valence-electron chi connectivity index (χ1n) is 39.8. The third kappa shape index (κ3) is 22.7. The summed E-state index contributed by atoms with van der Waals surface area (Å²) in [6, 6.07) is -9.68. The van der Waals surface area contributed by atoms with Gasteiger partial charge in [-0.3, -0.25) is 24.0 Å². The molecule has 0 aliphatic carbocycles. The number of amides is 5. The number of hydrogen-bond acceptors (Lipinski definition) is 49. The van der Waals surface area contributed by atoms with Crippen molar-refractivity contribution in [2.75, 3.05) is 52.9 Å². The normalized spacial score (nSPS) is 49.0. The summed E-state index contributed by atoms with van der Waals surface area (Å²) in [5, 5.41) is 295. The summed E-state index contributed by atoms with van der Waals surface area (Å²) >= 11 is 0. The van der Waals surface area contributed by atoms with E-state index in [-0.39, 0.29) is 0 Å². The van der Waals surface area contributed by atoms with Crippen molar-refractivity contribution in [3.05, 3.63) is 0 Å². The molecular formula is C70H117N5O49. The monoisotopic (exact) mass is 1810 g/mol. The van der Waals surface area contributed by atoms with Gasteiger partial charge in [0.1, 0.15) is 232 Å². The molecule has 50 atom stereocenters. The van der Waals surface area contributed by atoms with E-state index in [4.69, 9.17) is 90.0 Å². The van der Waals surface area contributed by atoms with Crippen LogP contribution in [0.5, 0.6) is 0 Å². The van der Waals surface area contributed by atoms with Gasteiger partial charge in [-0.1, -0.05) is 0 Å².